The molecule has 0 bridgehead atoms. The van der Waals surface area contributed by atoms with Crippen LogP contribution in [0.5, 0.6) is 0 Å². The van der Waals surface area contributed by atoms with Crippen LogP contribution in [-0.2, 0) is 25.6 Å². The number of imidazole rings is 1. The average Bonchev–Trinajstić information content (AvgIpc) is 3.09. The molecule has 1 rings (SSSR count). The number of hydrogen-bond donors (Lipinski definition) is 7. The van der Waals surface area contributed by atoms with Gasteiger partial charge in [0.1, 0.15) is 12.1 Å². The molecule has 0 aliphatic heterocycles. The second-order valence-electron chi connectivity index (χ2n) is 6.02. The fraction of sp³-hybridized carbons (Fsp3) is 0.533. The number of carboxylic acids is 1. The molecule has 0 saturated heterocycles. The predicted octanol–water partition coefficient (Wildman–Crippen LogP) is -3.02. The number of primary amides is 1. The Morgan fingerprint density at radius 2 is 1.93 bits per heavy atom. The van der Waals surface area contributed by atoms with Crippen LogP contribution in [0, 0.1) is 0 Å². The first kappa shape index (κ1) is 22.1. The minimum absolute atomic E-state index is 0.0348. The van der Waals surface area contributed by atoms with Crippen molar-refractivity contribution in [1.82, 2.24) is 20.6 Å². The lowest BCUT2D eigenvalue weighted by Gasteiger charge is -2.24. The van der Waals surface area contributed by atoms with Crippen molar-refractivity contribution >= 4 is 23.7 Å². The molecule has 9 N–H and O–H groups in total. The largest absolute Gasteiger partial charge is 0.480 e. The summed E-state index contributed by atoms with van der Waals surface area (Å²) in [6.07, 6.45) is 1.23. The summed E-state index contributed by atoms with van der Waals surface area (Å²) in [5.74, 6) is -3.61. The summed E-state index contributed by atoms with van der Waals surface area (Å²) in [6.45, 7) is 1.25. The highest BCUT2D eigenvalue weighted by Gasteiger charge is 2.31. The fourth-order valence-electron chi connectivity index (χ4n) is 2.17. The topological polar surface area (TPSA) is 214 Å². The number of carbonyl (C=O) groups is 4. The fourth-order valence-corrected chi connectivity index (χ4v) is 2.17. The molecule has 0 aromatic carbocycles. The number of aromatic amines is 1. The molecule has 0 aliphatic rings. The molecule has 12 nitrogen and oxygen atoms in total. The Balaban J connectivity index is 2.74. The SMILES string of the molecule is C[C@@H](O)[C@H](NC(=O)[C@@H](N)CCC(N)=O)C(=O)N[C@@H](Cc1cnc[nH]1)C(=O)O. The summed E-state index contributed by atoms with van der Waals surface area (Å²) in [7, 11) is 0. The first-order valence-electron chi connectivity index (χ1n) is 8.14. The van der Waals surface area contributed by atoms with Gasteiger partial charge in [-0.25, -0.2) is 9.78 Å². The Hall–Kier alpha value is -2.99. The minimum Gasteiger partial charge on any atom is -0.480 e. The van der Waals surface area contributed by atoms with E-state index in [1.54, 1.807) is 0 Å². The molecule has 0 saturated carbocycles. The maximum absolute atomic E-state index is 12.4. The molecule has 0 unspecified atom stereocenters. The van der Waals surface area contributed by atoms with E-state index in [0.717, 1.165) is 0 Å². The van der Waals surface area contributed by atoms with Crippen molar-refractivity contribution in [2.75, 3.05) is 0 Å². The second-order valence-corrected chi connectivity index (χ2v) is 6.02. The van der Waals surface area contributed by atoms with E-state index in [0.29, 0.717) is 5.69 Å². The maximum Gasteiger partial charge on any atom is 0.326 e. The number of amides is 3. The second kappa shape index (κ2) is 10.2. The molecule has 12 heteroatoms. The molecule has 4 atom stereocenters. The number of aliphatic hydroxyl groups excluding tert-OH is 1. The van der Waals surface area contributed by atoms with Gasteiger partial charge in [-0.2, -0.15) is 0 Å². The molecule has 27 heavy (non-hydrogen) atoms. The molecule has 1 aromatic heterocycles. The third-order valence-electron chi connectivity index (χ3n) is 3.69. The molecule has 0 radical (unpaired) electrons. The van der Waals surface area contributed by atoms with E-state index in [2.05, 4.69) is 20.6 Å². The monoisotopic (exact) mass is 384 g/mol. The standard InChI is InChI=1S/C15H24N6O6/c1-7(22)12(21-13(24)9(16)2-3-11(17)23)14(25)20-10(15(26)27)4-8-5-18-6-19-8/h5-7,9-10,12,22H,2-4,16H2,1H3,(H2,17,23)(H,18,19)(H,20,25)(H,21,24)(H,26,27)/t7-,9+,10+,12+/m1/s1. The Kier molecular flexibility index (Phi) is 8.35. The molecule has 0 fully saturated rings. The number of hydrogen-bond acceptors (Lipinski definition) is 7. The normalized spacial score (nSPS) is 15.2. The Morgan fingerprint density at radius 1 is 1.26 bits per heavy atom. The van der Waals surface area contributed by atoms with E-state index >= 15 is 0 Å². The molecule has 0 spiro atoms. The summed E-state index contributed by atoms with van der Waals surface area (Å²) in [5, 5.41) is 23.6. The highest BCUT2D eigenvalue weighted by Crippen LogP contribution is 2.02. The van der Waals surface area contributed by atoms with Gasteiger partial charge in [-0.1, -0.05) is 0 Å². The van der Waals surface area contributed by atoms with E-state index in [1.165, 1.54) is 19.4 Å². The van der Waals surface area contributed by atoms with Gasteiger partial charge in [-0.15, -0.1) is 0 Å². The Bertz CT molecular complexity index is 662. The Labute approximate surface area is 154 Å². The van der Waals surface area contributed by atoms with Crippen LogP contribution < -0.4 is 22.1 Å². The van der Waals surface area contributed by atoms with E-state index in [1.807, 2.05) is 0 Å². The van der Waals surface area contributed by atoms with E-state index in [-0.39, 0.29) is 19.3 Å². The number of rotatable bonds is 11. The first-order chi connectivity index (χ1) is 12.6. The van der Waals surface area contributed by atoms with Gasteiger partial charge in [-0.3, -0.25) is 14.4 Å². The molecule has 150 valence electrons. The summed E-state index contributed by atoms with van der Waals surface area (Å²) in [4.78, 5) is 53.0. The molecular formula is C15H24N6O6. The number of aromatic nitrogens is 2. The summed E-state index contributed by atoms with van der Waals surface area (Å²) in [5.41, 5.74) is 11.1. The molecule has 0 aliphatic carbocycles. The number of nitrogens with zero attached hydrogens (tertiary/aromatic N) is 1. The van der Waals surface area contributed by atoms with Crippen molar-refractivity contribution in [1.29, 1.82) is 0 Å². The molecule has 3 amide bonds. The van der Waals surface area contributed by atoms with Gasteiger partial charge < -0.3 is 37.3 Å². The van der Waals surface area contributed by atoms with Crippen LogP contribution in [-0.4, -0.2) is 68.1 Å². The number of H-pyrrole nitrogens is 1. The van der Waals surface area contributed by atoms with Crippen molar-refractivity contribution in [2.45, 2.75) is 50.4 Å². The lowest BCUT2D eigenvalue weighted by Crippen LogP contribution is -2.58. The highest BCUT2D eigenvalue weighted by atomic mass is 16.4. The summed E-state index contributed by atoms with van der Waals surface area (Å²) in [6, 6.07) is -3.85. The summed E-state index contributed by atoms with van der Waals surface area (Å²) < 4.78 is 0. The molecular weight excluding hydrogens is 360 g/mol. The zero-order valence-corrected chi connectivity index (χ0v) is 14.7. The predicted molar refractivity (Wildman–Crippen MR) is 91.9 cm³/mol. The van der Waals surface area contributed by atoms with Crippen LogP contribution in [0.25, 0.3) is 0 Å². The van der Waals surface area contributed by atoms with Crippen molar-refractivity contribution in [3.05, 3.63) is 18.2 Å². The van der Waals surface area contributed by atoms with Gasteiger partial charge in [0.2, 0.25) is 17.7 Å². The van der Waals surface area contributed by atoms with Crippen LogP contribution in [0.1, 0.15) is 25.5 Å². The third kappa shape index (κ3) is 7.42. The van der Waals surface area contributed by atoms with Gasteiger partial charge >= 0.3 is 5.97 Å². The van der Waals surface area contributed by atoms with Crippen LogP contribution in [0.3, 0.4) is 0 Å². The number of aliphatic carboxylic acids is 1. The zero-order chi connectivity index (χ0) is 20.6. The van der Waals surface area contributed by atoms with Gasteiger partial charge in [0, 0.05) is 24.7 Å². The highest BCUT2D eigenvalue weighted by molar-refractivity contribution is 5.92. The van der Waals surface area contributed by atoms with Crippen LogP contribution >= 0.6 is 0 Å². The van der Waals surface area contributed by atoms with Crippen molar-refractivity contribution in [2.24, 2.45) is 11.5 Å². The van der Waals surface area contributed by atoms with Crippen LogP contribution in [0.15, 0.2) is 12.5 Å². The van der Waals surface area contributed by atoms with Crippen LogP contribution in [0.2, 0.25) is 0 Å². The number of nitrogens with one attached hydrogen (secondary N) is 3. The summed E-state index contributed by atoms with van der Waals surface area (Å²) >= 11 is 0. The van der Waals surface area contributed by atoms with E-state index in [9.17, 15) is 29.4 Å². The maximum atomic E-state index is 12.4. The Morgan fingerprint density at radius 3 is 2.41 bits per heavy atom. The van der Waals surface area contributed by atoms with Crippen molar-refractivity contribution in [3.63, 3.8) is 0 Å². The molecule has 1 aromatic rings. The molecule has 1 heterocycles. The number of aliphatic hydroxyl groups is 1. The van der Waals surface area contributed by atoms with Gasteiger partial charge in [0.05, 0.1) is 18.5 Å². The van der Waals surface area contributed by atoms with Gasteiger partial charge in [0.15, 0.2) is 0 Å². The zero-order valence-electron chi connectivity index (χ0n) is 14.7. The van der Waals surface area contributed by atoms with E-state index < -0.39 is 47.9 Å². The number of carbonyl (C=O) groups excluding carboxylic acids is 3. The average molecular weight is 384 g/mol. The van der Waals surface area contributed by atoms with Gasteiger partial charge in [0.25, 0.3) is 0 Å². The lowest BCUT2D eigenvalue weighted by molar-refractivity contribution is -0.142. The van der Waals surface area contributed by atoms with Crippen molar-refractivity contribution < 1.29 is 29.4 Å². The lowest BCUT2D eigenvalue weighted by atomic mass is 10.1. The minimum atomic E-state index is -1.43. The van der Waals surface area contributed by atoms with Crippen LogP contribution in [0.4, 0.5) is 0 Å². The van der Waals surface area contributed by atoms with Gasteiger partial charge in [-0.05, 0) is 13.3 Å². The third-order valence-corrected chi connectivity index (χ3v) is 3.69. The van der Waals surface area contributed by atoms with E-state index in [4.69, 9.17) is 11.5 Å². The smallest absolute Gasteiger partial charge is 0.326 e. The number of nitrogens with two attached hydrogens (primary N) is 2. The number of carboxylic acid groups (broad SMARTS) is 1. The first-order valence-corrected chi connectivity index (χ1v) is 8.14. The van der Waals surface area contributed by atoms with Crippen molar-refractivity contribution in [3.8, 4) is 0 Å². The quantitative estimate of drug-likeness (QED) is 0.208.